The number of benzene rings is 2. The normalized spacial score (nSPS) is 16.4. The Morgan fingerprint density at radius 1 is 1.07 bits per heavy atom. The Balaban J connectivity index is 1.37. The number of carbonyl (C=O) groups excluding carboxylic acids is 4. The zero-order valence-corrected chi connectivity index (χ0v) is 24.2. The highest BCUT2D eigenvalue weighted by molar-refractivity contribution is 8.00. The van der Waals surface area contributed by atoms with Gasteiger partial charge in [-0.1, -0.05) is 48.5 Å². The second-order valence-electron chi connectivity index (χ2n) is 10.4. The maximum atomic E-state index is 13.8. The number of thioether (sulfide) groups is 1. The van der Waals surface area contributed by atoms with Crippen LogP contribution in [0.2, 0.25) is 0 Å². The van der Waals surface area contributed by atoms with Gasteiger partial charge in [-0.3, -0.25) is 19.2 Å². The third-order valence-corrected chi connectivity index (χ3v) is 8.41. The molecule has 9 nitrogen and oxygen atoms in total. The third-order valence-electron chi connectivity index (χ3n) is 7.43. The molecule has 1 fully saturated rings. The summed E-state index contributed by atoms with van der Waals surface area (Å²) in [7, 11) is 0. The van der Waals surface area contributed by atoms with Crippen molar-refractivity contribution in [3.05, 3.63) is 83.0 Å². The third kappa shape index (κ3) is 6.52. The van der Waals surface area contributed by atoms with Gasteiger partial charge >= 0.3 is 0 Å². The van der Waals surface area contributed by atoms with Gasteiger partial charge < -0.3 is 10.2 Å². The van der Waals surface area contributed by atoms with Gasteiger partial charge in [-0.2, -0.15) is 5.26 Å². The Morgan fingerprint density at radius 3 is 2.52 bits per heavy atom. The van der Waals surface area contributed by atoms with Crippen LogP contribution in [-0.2, 0) is 38.6 Å². The summed E-state index contributed by atoms with van der Waals surface area (Å²) in [6.07, 6.45) is 4.85. The molecule has 1 N–H and O–H groups in total. The van der Waals surface area contributed by atoms with Gasteiger partial charge in [-0.25, -0.2) is 9.88 Å². The van der Waals surface area contributed by atoms with Crippen molar-refractivity contribution in [1.29, 1.82) is 5.26 Å². The van der Waals surface area contributed by atoms with Gasteiger partial charge in [0, 0.05) is 24.8 Å². The van der Waals surface area contributed by atoms with Crippen molar-refractivity contribution in [2.75, 3.05) is 16.0 Å². The Morgan fingerprint density at radius 2 is 1.81 bits per heavy atom. The van der Waals surface area contributed by atoms with Gasteiger partial charge in [0.15, 0.2) is 0 Å². The number of anilines is 2. The molecule has 0 radical (unpaired) electrons. The number of aryl methyl sites for hydroxylation is 2. The topological polar surface area (TPSA) is 123 Å². The van der Waals surface area contributed by atoms with E-state index < -0.39 is 17.9 Å². The van der Waals surface area contributed by atoms with E-state index in [9.17, 15) is 24.4 Å². The SMILES string of the molecule is CC(=O)Nc1ccc(N2C(=O)CC(N(Cc3ccccc3)C(=O)CSc3nc4c(cc3C#N)CCCCC4)C2=O)cc1. The first-order valence-electron chi connectivity index (χ1n) is 14.0. The number of carbonyl (C=O) groups is 4. The summed E-state index contributed by atoms with van der Waals surface area (Å²) < 4.78 is 0. The second kappa shape index (κ2) is 13.0. The van der Waals surface area contributed by atoms with Crippen molar-refractivity contribution in [3.8, 4) is 6.07 Å². The average Bonchev–Trinajstić information content (AvgIpc) is 3.13. The molecule has 42 heavy (non-hydrogen) atoms. The zero-order chi connectivity index (χ0) is 29.6. The minimum absolute atomic E-state index is 0.0311. The lowest BCUT2D eigenvalue weighted by Gasteiger charge is -2.28. The maximum absolute atomic E-state index is 13.8. The first-order chi connectivity index (χ1) is 20.3. The van der Waals surface area contributed by atoms with Crippen molar-refractivity contribution < 1.29 is 19.2 Å². The highest BCUT2D eigenvalue weighted by Gasteiger charge is 2.44. The molecule has 214 valence electrons. The van der Waals surface area contributed by atoms with E-state index >= 15 is 0 Å². The number of nitriles is 1. The summed E-state index contributed by atoms with van der Waals surface area (Å²) in [5, 5.41) is 13.0. The number of nitrogens with zero attached hydrogens (tertiary/aromatic N) is 4. The number of imide groups is 1. The molecule has 0 saturated carbocycles. The van der Waals surface area contributed by atoms with E-state index in [1.165, 1.54) is 23.6 Å². The number of fused-ring (bicyclic) bond motifs is 1. The first-order valence-corrected chi connectivity index (χ1v) is 15.0. The summed E-state index contributed by atoms with van der Waals surface area (Å²) in [6, 6.07) is 18.9. The Bertz CT molecular complexity index is 1550. The van der Waals surface area contributed by atoms with Crippen molar-refractivity contribution in [2.24, 2.45) is 0 Å². The molecule has 1 aliphatic heterocycles. The fourth-order valence-corrected chi connectivity index (χ4v) is 6.24. The first kappa shape index (κ1) is 29.0. The summed E-state index contributed by atoms with van der Waals surface area (Å²) in [6.45, 7) is 1.55. The second-order valence-corrected chi connectivity index (χ2v) is 11.4. The molecule has 0 bridgehead atoms. The van der Waals surface area contributed by atoms with E-state index in [0.717, 1.165) is 53.8 Å². The van der Waals surface area contributed by atoms with Gasteiger partial charge in [-0.15, -0.1) is 0 Å². The van der Waals surface area contributed by atoms with Gasteiger partial charge in [0.1, 0.15) is 17.1 Å². The number of amides is 4. The Hall–Kier alpha value is -4.49. The van der Waals surface area contributed by atoms with E-state index in [2.05, 4.69) is 11.4 Å². The van der Waals surface area contributed by atoms with Crippen LogP contribution >= 0.6 is 11.8 Å². The molecule has 1 saturated heterocycles. The van der Waals surface area contributed by atoms with Crippen LogP contribution < -0.4 is 10.2 Å². The minimum atomic E-state index is -0.976. The fourth-order valence-electron chi connectivity index (χ4n) is 5.37. The van der Waals surface area contributed by atoms with Crippen molar-refractivity contribution in [3.63, 3.8) is 0 Å². The Labute approximate surface area is 248 Å². The quantitative estimate of drug-likeness (QED) is 0.234. The van der Waals surface area contributed by atoms with Crippen molar-refractivity contribution in [1.82, 2.24) is 9.88 Å². The highest BCUT2D eigenvalue weighted by Crippen LogP contribution is 2.30. The minimum Gasteiger partial charge on any atom is -0.326 e. The molecular weight excluding hydrogens is 550 g/mol. The van der Waals surface area contributed by atoms with E-state index in [-0.39, 0.29) is 30.5 Å². The molecule has 1 unspecified atom stereocenters. The average molecular weight is 582 g/mol. The fraction of sp³-hybridized carbons (Fsp3) is 0.312. The summed E-state index contributed by atoms with van der Waals surface area (Å²) >= 11 is 1.19. The molecule has 2 aromatic carbocycles. The smallest absolute Gasteiger partial charge is 0.257 e. The number of hydrogen-bond donors (Lipinski definition) is 1. The maximum Gasteiger partial charge on any atom is 0.257 e. The lowest BCUT2D eigenvalue weighted by atomic mass is 10.1. The molecule has 10 heteroatoms. The van der Waals surface area contributed by atoms with Crippen molar-refractivity contribution in [2.45, 2.75) is 63.1 Å². The standard InChI is InChI=1S/C32H31N5O4S/c1-21(38)34-25-12-14-26(15-13-25)37-29(39)17-28(32(37)41)36(19-22-8-4-2-5-9-22)30(40)20-42-31-24(18-33)16-23-10-6-3-7-11-27(23)35-31/h2,4-5,8-9,12-16,28H,3,6-7,10-11,17,19-20H2,1H3,(H,34,38). The molecule has 5 rings (SSSR count). The van der Waals surface area contributed by atoms with Crippen LogP contribution in [-0.4, -0.2) is 45.3 Å². The Kier molecular flexibility index (Phi) is 8.98. The van der Waals surface area contributed by atoms with Crippen LogP contribution in [0, 0.1) is 11.3 Å². The van der Waals surface area contributed by atoms with Gasteiger partial charge in [-0.05, 0) is 67.1 Å². The van der Waals surface area contributed by atoms with Crippen LogP contribution in [0.25, 0.3) is 0 Å². The number of hydrogen-bond acceptors (Lipinski definition) is 7. The lowest BCUT2D eigenvalue weighted by Crippen LogP contribution is -2.45. The van der Waals surface area contributed by atoms with Crippen LogP contribution in [0.5, 0.6) is 0 Å². The number of pyridine rings is 1. The molecule has 4 amide bonds. The molecule has 1 aromatic heterocycles. The zero-order valence-electron chi connectivity index (χ0n) is 23.3. The number of nitrogens with one attached hydrogen (secondary N) is 1. The van der Waals surface area contributed by atoms with Crippen LogP contribution in [0.15, 0.2) is 65.7 Å². The summed E-state index contributed by atoms with van der Waals surface area (Å²) in [4.78, 5) is 59.2. The van der Waals surface area contributed by atoms with Crippen LogP contribution in [0.4, 0.5) is 11.4 Å². The molecule has 1 aliphatic carbocycles. The molecule has 2 heterocycles. The number of aromatic nitrogens is 1. The largest absolute Gasteiger partial charge is 0.326 e. The summed E-state index contributed by atoms with van der Waals surface area (Å²) in [5.41, 5.74) is 4.28. The van der Waals surface area contributed by atoms with Crippen LogP contribution in [0.3, 0.4) is 0 Å². The van der Waals surface area contributed by atoms with E-state index in [1.54, 1.807) is 24.3 Å². The van der Waals surface area contributed by atoms with Crippen molar-refractivity contribution >= 4 is 46.8 Å². The van der Waals surface area contributed by atoms with Gasteiger partial charge in [0.2, 0.25) is 17.7 Å². The molecule has 0 spiro atoms. The van der Waals surface area contributed by atoms with Crippen LogP contribution in [0.1, 0.15) is 55.0 Å². The monoisotopic (exact) mass is 581 g/mol. The predicted octanol–water partition coefficient (Wildman–Crippen LogP) is 4.63. The summed E-state index contributed by atoms with van der Waals surface area (Å²) in [5.74, 6) is -1.47. The highest BCUT2D eigenvalue weighted by atomic mass is 32.2. The van der Waals surface area contributed by atoms with E-state index in [1.807, 2.05) is 36.4 Å². The molecule has 3 aromatic rings. The van der Waals surface area contributed by atoms with E-state index in [0.29, 0.717) is 22.0 Å². The molecule has 1 atom stereocenters. The number of rotatable bonds is 8. The molecule has 2 aliphatic rings. The molecular formula is C32H31N5O4S. The van der Waals surface area contributed by atoms with Gasteiger partial charge in [0.05, 0.1) is 23.4 Å². The van der Waals surface area contributed by atoms with Gasteiger partial charge in [0.25, 0.3) is 5.91 Å². The lowest BCUT2D eigenvalue weighted by molar-refractivity contribution is -0.136. The predicted molar refractivity (Wildman–Crippen MR) is 160 cm³/mol. The van der Waals surface area contributed by atoms with E-state index in [4.69, 9.17) is 4.98 Å².